The normalized spacial score (nSPS) is 32.0. The molecule has 2 saturated carbocycles. The van der Waals surface area contributed by atoms with E-state index in [2.05, 4.69) is 5.32 Å². The second-order valence-electron chi connectivity index (χ2n) is 6.41. The Labute approximate surface area is 115 Å². The lowest BCUT2D eigenvalue weighted by Gasteiger charge is -2.24. The van der Waals surface area contributed by atoms with E-state index in [4.69, 9.17) is 0 Å². The number of fused-ring (bicyclic) bond motifs is 2. The van der Waals surface area contributed by atoms with Crippen LogP contribution in [0.2, 0.25) is 0 Å². The zero-order valence-corrected chi connectivity index (χ0v) is 11.9. The van der Waals surface area contributed by atoms with Crippen molar-refractivity contribution in [2.45, 2.75) is 58.4 Å². The van der Waals surface area contributed by atoms with Gasteiger partial charge in [-0.3, -0.25) is 4.79 Å². The molecule has 2 bridgehead atoms. The minimum Gasteiger partial charge on any atom is -0.480 e. The first-order valence-corrected chi connectivity index (χ1v) is 7.53. The molecule has 2 aliphatic carbocycles. The van der Waals surface area contributed by atoms with E-state index in [1.807, 2.05) is 13.8 Å². The Morgan fingerprint density at radius 1 is 1.32 bits per heavy atom. The summed E-state index contributed by atoms with van der Waals surface area (Å²) >= 11 is 0. The third-order valence-electron chi connectivity index (χ3n) is 5.13. The number of aliphatic carboxylic acids is 1. The van der Waals surface area contributed by atoms with Crippen LogP contribution in [-0.4, -0.2) is 23.0 Å². The lowest BCUT2D eigenvalue weighted by Crippen LogP contribution is -2.45. The molecule has 0 aromatic heterocycles. The molecule has 0 heterocycles. The van der Waals surface area contributed by atoms with Crippen LogP contribution in [0.1, 0.15) is 52.4 Å². The van der Waals surface area contributed by atoms with Gasteiger partial charge in [-0.2, -0.15) is 0 Å². The van der Waals surface area contributed by atoms with Gasteiger partial charge in [0.25, 0.3) is 0 Å². The number of carbonyl (C=O) groups is 2. The Hall–Kier alpha value is -1.06. The number of hydrogen-bond donors (Lipinski definition) is 2. The van der Waals surface area contributed by atoms with Gasteiger partial charge in [-0.1, -0.05) is 26.7 Å². The van der Waals surface area contributed by atoms with Crippen molar-refractivity contribution in [3.05, 3.63) is 0 Å². The zero-order valence-electron chi connectivity index (χ0n) is 11.9. The highest BCUT2D eigenvalue weighted by Crippen LogP contribution is 2.49. The summed E-state index contributed by atoms with van der Waals surface area (Å²) in [5.74, 6) is 1.00. The van der Waals surface area contributed by atoms with E-state index in [0.29, 0.717) is 18.3 Å². The summed E-state index contributed by atoms with van der Waals surface area (Å²) in [6, 6.07) is -0.740. The van der Waals surface area contributed by atoms with Gasteiger partial charge in [-0.15, -0.1) is 0 Å². The quantitative estimate of drug-likeness (QED) is 0.776. The van der Waals surface area contributed by atoms with Crippen LogP contribution in [0.15, 0.2) is 0 Å². The molecule has 0 saturated heterocycles. The summed E-state index contributed by atoms with van der Waals surface area (Å²) in [6.07, 6.45) is 6.31. The van der Waals surface area contributed by atoms with E-state index >= 15 is 0 Å². The number of rotatable bonds is 6. The van der Waals surface area contributed by atoms with E-state index < -0.39 is 12.0 Å². The van der Waals surface area contributed by atoms with E-state index in [0.717, 1.165) is 12.3 Å². The molecule has 0 radical (unpaired) electrons. The summed E-state index contributed by atoms with van der Waals surface area (Å²) in [7, 11) is 0. The van der Waals surface area contributed by atoms with Crippen molar-refractivity contribution in [2.24, 2.45) is 23.7 Å². The molecule has 0 aromatic rings. The van der Waals surface area contributed by atoms with Gasteiger partial charge in [0.2, 0.25) is 5.91 Å². The molecule has 2 aliphatic rings. The largest absolute Gasteiger partial charge is 0.480 e. The number of carboxylic acid groups (broad SMARTS) is 1. The maximum absolute atomic E-state index is 12.0. The standard InChI is InChI=1S/C15H25NO3/c1-3-9(2)14(15(18)19)16-13(17)8-12-7-10-4-5-11(12)6-10/h9-12,14H,3-8H2,1-2H3,(H,16,17)(H,18,19)/t9-,10?,11?,12?,14-/m0/s1. The van der Waals surface area contributed by atoms with Gasteiger partial charge in [0.1, 0.15) is 6.04 Å². The highest BCUT2D eigenvalue weighted by atomic mass is 16.4. The highest BCUT2D eigenvalue weighted by Gasteiger charge is 2.40. The predicted octanol–water partition coefficient (Wildman–Crippen LogP) is 2.43. The number of nitrogens with one attached hydrogen (secondary N) is 1. The average Bonchev–Trinajstić information content (AvgIpc) is 2.96. The molecular weight excluding hydrogens is 242 g/mol. The Kier molecular flexibility index (Phi) is 4.48. The summed E-state index contributed by atoms with van der Waals surface area (Å²) < 4.78 is 0. The van der Waals surface area contributed by atoms with Gasteiger partial charge in [0.05, 0.1) is 0 Å². The molecule has 2 fully saturated rings. The summed E-state index contributed by atoms with van der Waals surface area (Å²) in [5, 5.41) is 11.9. The fourth-order valence-electron chi connectivity index (χ4n) is 3.78. The van der Waals surface area contributed by atoms with Crippen LogP contribution in [0.5, 0.6) is 0 Å². The van der Waals surface area contributed by atoms with Crippen molar-refractivity contribution in [1.29, 1.82) is 0 Å². The van der Waals surface area contributed by atoms with Crippen molar-refractivity contribution >= 4 is 11.9 Å². The lowest BCUT2D eigenvalue weighted by atomic mass is 9.86. The van der Waals surface area contributed by atoms with Gasteiger partial charge in [-0.05, 0) is 42.9 Å². The van der Waals surface area contributed by atoms with Crippen LogP contribution in [0.4, 0.5) is 0 Å². The SMILES string of the molecule is CC[C@H](C)[C@H](NC(=O)CC1CC2CCC1C2)C(=O)O. The first-order chi connectivity index (χ1) is 9.01. The Bertz CT molecular complexity index is 355. The van der Waals surface area contributed by atoms with Crippen LogP contribution < -0.4 is 5.32 Å². The first kappa shape index (κ1) is 14.4. The second kappa shape index (κ2) is 5.93. The van der Waals surface area contributed by atoms with Crippen LogP contribution in [0.25, 0.3) is 0 Å². The highest BCUT2D eigenvalue weighted by molar-refractivity contribution is 5.83. The minimum absolute atomic E-state index is 0.0264. The van der Waals surface area contributed by atoms with Crippen molar-refractivity contribution in [3.8, 4) is 0 Å². The molecular formula is C15H25NO3. The molecule has 4 nitrogen and oxygen atoms in total. The van der Waals surface area contributed by atoms with E-state index in [1.54, 1.807) is 0 Å². The van der Waals surface area contributed by atoms with Crippen molar-refractivity contribution in [3.63, 3.8) is 0 Å². The number of amides is 1. The molecule has 0 spiro atoms. The van der Waals surface area contributed by atoms with Crippen LogP contribution >= 0.6 is 0 Å². The fraction of sp³-hybridized carbons (Fsp3) is 0.867. The van der Waals surface area contributed by atoms with E-state index in [1.165, 1.54) is 25.7 Å². The number of carboxylic acids is 1. The third kappa shape index (κ3) is 3.28. The molecule has 0 aromatic carbocycles. The predicted molar refractivity (Wildman–Crippen MR) is 72.6 cm³/mol. The zero-order chi connectivity index (χ0) is 14.0. The molecule has 1 amide bonds. The molecule has 0 aliphatic heterocycles. The maximum atomic E-state index is 12.0. The topological polar surface area (TPSA) is 66.4 Å². The van der Waals surface area contributed by atoms with Gasteiger partial charge in [-0.25, -0.2) is 4.79 Å². The van der Waals surface area contributed by atoms with Crippen LogP contribution in [0.3, 0.4) is 0 Å². The molecule has 19 heavy (non-hydrogen) atoms. The Balaban J connectivity index is 1.84. The van der Waals surface area contributed by atoms with Crippen molar-refractivity contribution < 1.29 is 14.7 Å². The number of hydrogen-bond acceptors (Lipinski definition) is 2. The summed E-state index contributed by atoms with van der Waals surface area (Å²) in [5.41, 5.74) is 0. The number of carbonyl (C=O) groups excluding carboxylic acids is 1. The molecule has 5 atom stereocenters. The first-order valence-electron chi connectivity index (χ1n) is 7.53. The maximum Gasteiger partial charge on any atom is 0.326 e. The van der Waals surface area contributed by atoms with Gasteiger partial charge < -0.3 is 10.4 Å². The van der Waals surface area contributed by atoms with E-state index in [-0.39, 0.29) is 11.8 Å². The fourth-order valence-corrected chi connectivity index (χ4v) is 3.78. The second-order valence-corrected chi connectivity index (χ2v) is 6.41. The molecule has 3 unspecified atom stereocenters. The van der Waals surface area contributed by atoms with Crippen molar-refractivity contribution in [1.82, 2.24) is 5.32 Å². The van der Waals surface area contributed by atoms with Gasteiger partial charge >= 0.3 is 5.97 Å². The van der Waals surface area contributed by atoms with Gasteiger partial charge in [0.15, 0.2) is 0 Å². The van der Waals surface area contributed by atoms with Crippen LogP contribution in [-0.2, 0) is 9.59 Å². The van der Waals surface area contributed by atoms with Gasteiger partial charge in [0, 0.05) is 6.42 Å². The monoisotopic (exact) mass is 267 g/mol. The smallest absolute Gasteiger partial charge is 0.326 e. The molecule has 2 rings (SSSR count). The van der Waals surface area contributed by atoms with E-state index in [9.17, 15) is 14.7 Å². The average molecular weight is 267 g/mol. The Morgan fingerprint density at radius 2 is 2.05 bits per heavy atom. The summed E-state index contributed by atoms with van der Waals surface area (Å²) in [6.45, 7) is 3.82. The molecule has 4 heteroatoms. The summed E-state index contributed by atoms with van der Waals surface area (Å²) in [4.78, 5) is 23.2. The minimum atomic E-state index is -0.921. The van der Waals surface area contributed by atoms with Crippen molar-refractivity contribution in [2.75, 3.05) is 0 Å². The molecule has 2 N–H and O–H groups in total. The Morgan fingerprint density at radius 3 is 2.53 bits per heavy atom. The van der Waals surface area contributed by atoms with Crippen LogP contribution in [0, 0.1) is 23.7 Å². The molecule has 108 valence electrons. The lowest BCUT2D eigenvalue weighted by molar-refractivity contribution is -0.143. The third-order valence-corrected chi connectivity index (χ3v) is 5.13.